The molecule has 0 fully saturated rings. The summed E-state index contributed by atoms with van der Waals surface area (Å²) < 4.78 is 0. The summed E-state index contributed by atoms with van der Waals surface area (Å²) in [7, 11) is 0. The Morgan fingerprint density at radius 2 is 2.43 bits per heavy atom. The quantitative estimate of drug-likeness (QED) is 0.751. The highest BCUT2D eigenvalue weighted by molar-refractivity contribution is 7.09. The second-order valence-corrected chi connectivity index (χ2v) is 4.42. The van der Waals surface area contributed by atoms with Crippen molar-refractivity contribution in [1.82, 2.24) is 10.3 Å². The van der Waals surface area contributed by atoms with Gasteiger partial charge in [0, 0.05) is 24.1 Å². The number of nitrogens with zero attached hydrogens (tertiary/aromatic N) is 1. The number of hydrogen-bond donors (Lipinski definition) is 2. The van der Waals surface area contributed by atoms with Crippen LogP contribution in [-0.4, -0.2) is 29.3 Å². The van der Waals surface area contributed by atoms with Crippen molar-refractivity contribution in [2.24, 2.45) is 0 Å². The lowest BCUT2D eigenvalue weighted by Crippen LogP contribution is -2.28. The maximum atomic E-state index is 8.72. The van der Waals surface area contributed by atoms with Crippen molar-refractivity contribution in [2.75, 3.05) is 13.2 Å². The molecule has 2 N–H and O–H groups in total. The molecule has 0 spiro atoms. The number of aryl methyl sites for hydroxylation is 1. The first-order valence-electron chi connectivity index (χ1n) is 4.97. The van der Waals surface area contributed by atoms with Crippen LogP contribution in [0.3, 0.4) is 0 Å². The molecular weight excluding hydrogens is 196 g/mol. The third-order valence-corrected chi connectivity index (χ3v) is 3.25. The number of thiazole rings is 1. The molecule has 1 rings (SSSR count). The van der Waals surface area contributed by atoms with Gasteiger partial charge in [0.2, 0.25) is 0 Å². The molecule has 14 heavy (non-hydrogen) atoms. The minimum absolute atomic E-state index is 0.258. The fourth-order valence-electron chi connectivity index (χ4n) is 1.29. The summed E-state index contributed by atoms with van der Waals surface area (Å²) in [5.41, 5.74) is 3.04. The van der Waals surface area contributed by atoms with Gasteiger partial charge in [0.25, 0.3) is 0 Å². The molecule has 1 aromatic heterocycles. The number of aliphatic hydroxyl groups is 1. The van der Waals surface area contributed by atoms with Crippen LogP contribution in [-0.2, 0) is 6.42 Å². The minimum Gasteiger partial charge on any atom is -0.396 e. The van der Waals surface area contributed by atoms with Crippen molar-refractivity contribution >= 4 is 11.3 Å². The van der Waals surface area contributed by atoms with Crippen molar-refractivity contribution < 1.29 is 5.11 Å². The van der Waals surface area contributed by atoms with Crippen LogP contribution in [0.4, 0.5) is 0 Å². The van der Waals surface area contributed by atoms with Crippen LogP contribution >= 0.6 is 11.3 Å². The van der Waals surface area contributed by atoms with E-state index in [4.69, 9.17) is 5.11 Å². The Labute approximate surface area is 89.2 Å². The Bertz CT molecular complexity index is 262. The zero-order valence-electron chi connectivity index (χ0n) is 8.79. The van der Waals surface area contributed by atoms with E-state index in [2.05, 4.69) is 17.2 Å². The molecule has 0 aliphatic rings. The highest BCUT2D eigenvalue weighted by Gasteiger charge is 2.03. The SMILES string of the molecule is Cc1ncsc1CCNC(C)CCO. The first-order valence-corrected chi connectivity index (χ1v) is 5.85. The van der Waals surface area contributed by atoms with E-state index in [0.29, 0.717) is 6.04 Å². The van der Waals surface area contributed by atoms with Crippen molar-refractivity contribution in [3.05, 3.63) is 16.1 Å². The van der Waals surface area contributed by atoms with Crippen molar-refractivity contribution in [3.8, 4) is 0 Å². The third kappa shape index (κ3) is 3.74. The van der Waals surface area contributed by atoms with Crippen LogP contribution in [0.15, 0.2) is 5.51 Å². The average Bonchev–Trinajstić information content (AvgIpc) is 2.52. The van der Waals surface area contributed by atoms with Gasteiger partial charge in [0.15, 0.2) is 0 Å². The molecule has 3 nitrogen and oxygen atoms in total. The lowest BCUT2D eigenvalue weighted by atomic mass is 10.2. The Morgan fingerprint density at radius 3 is 3.00 bits per heavy atom. The lowest BCUT2D eigenvalue weighted by molar-refractivity contribution is 0.269. The molecule has 0 amide bonds. The molecule has 0 aliphatic carbocycles. The molecule has 1 heterocycles. The highest BCUT2D eigenvalue weighted by Crippen LogP contribution is 2.11. The summed E-state index contributed by atoms with van der Waals surface area (Å²) in [6.45, 7) is 5.36. The Kier molecular flexibility index (Phi) is 5.07. The van der Waals surface area contributed by atoms with E-state index in [1.54, 1.807) is 11.3 Å². The van der Waals surface area contributed by atoms with Gasteiger partial charge >= 0.3 is 0 Å². The van der Waals surface area contributed by atoms with Crippen LogP contribution < -0.4 is 5.32 Å². The van der Waals surface area contributed by atoms with E-state index in [-0.39, 0.29) is 6.61 Å². The maximum Gasteiger partial charge on any atom is 0.0797 e. The number of rotatable bonds is 6. The normalized spacial score (nSPS) is 13.1. The smallest absolute Gasteiger partial charge is 0.0797 e. The topological polar surface area (TPSA) is 45.2 Å². The van der Waals surface area contributed by atoms with E-state index < -0.39 is 0 Å². The predicted molar refractivity (Wildman–Crippen MR) is 59.7 cm³/mol. The second kappa shape index (κ2) is 6.11. The fraction of sp³-hybridized carbons (Fsp3) is 0.700. The summed E-state index contributed by atoms with van der Waals surface area (Å²) >= 11 is 1.71. The molecule has 4 heteroatoms. The molecule has 80 valence electrons. The Hall–Kier alpha value is -0.450. The molecule has 0 saturated heterocycles. The summed E-state index contributed by atoms with van der Waals surface area (Å²) in [6, 6.07) is 0.397. The van der Waals surface area contributed by atoms with Crippen LogP contribution in [0.5, 0.6) is 0 Å². The largest absolute Gasteiger partial charge is 0.396 e. The van der Waals surface area contributed by atoms with Gasteiger partial charge < -0.3 is 10.4 Å². The van der Waals surface area contributed by atoms with Crippen LogP contribution in [0, 0.1) is 6.92 Å². The van der Waals surface area contributed by atoms with Crippen LogP contribution in [0.2, 0.25) is 0 Å². The Balaban J connectivity index is 2.19. The number of nitrogens with one attached hydrogen (secondary N) is 1. The monoisotopic (exact) mass is 214 g/mol. The first-order chi connectivity index (χ1) is 6.74. The van der Waals surface area contributed by atoms with E-state index in [9.17, 15) is 0 Å². The molecule has 0 aromatic carbocycles. The predicted octanol–water partition coefficient (Wildman–Crippen LogP) is 1.35. The van der Waals surface area contributed by atoms with Crippen LogP contribution in [0.25, 0.3) is 0 Å². The van der Waals surface area contributed by atoms with Gasteiger partial charge in [-0.25, -0.2) is 4.98 Å². The molecule has 1 unspecified atom stereocenters. The van der Waals surface area contributed by atoms with Crippen LogP contribution in [0.1, 0.15) is 23.9 Å². The standard InChI is InChI=1S/C10H18N2OS/c1-8(4-6-13)11-5-3-10-9(2)12-7-14-10/h7-8,11,13H,3-6H2,1-2H3. The minimum atomic E-state index is 0.258. The van der Waals surface area contributed by atoms with E-state index in [1.807, 2.05) is 12.4 Å². The summed E-state index contributed by atoms with van der Waals surface area (Å²) in [5.74, 6) is 0. The third-order valence-electron chi connectivity index (χ3n) is 2.25. The van der Waals surface area contributed by atoms with Gasteiger partial charge in [-0.1, -0.05) is 0 Å². The number of aliphatic hydroxyl groups excluding tert-OH is 1. The van der Waals surface area contributed by atoms with Gasteiger partial charge in [-0.15, -0.1) is 11.3 Å². The second-order valence-electron chi connectivity index (χ2n) is 3.48. The van der Waals surface area contributed by atoms with Gasteiger partial charge in [0.1, 0.15) is 0 Å². The van der Waals surface area contributed by atoms with Crippen molar-refractivity contribution in [2.45, 2.75) is 32.7 Å². The molecule has 0 bridgehead atoms. The average molecular weight is 214 g/mol. The van der Waals surface area contributed by atoms with Gasteiger partial charge in [-0.3, -0.25) is 0 Å². The van der Waals surface area contributed by atoms with Crippen molar-refractivity contribution in [1.29, 1.82) is 0 Å². The van der Waals surface area contributed by atoms with Gasteiger partial charge in [-0.2, -0.15) is 0 Å². The summed E-state index contributed by atoms with van der Waals surface area (Å²) in [5, 5.41) is 12.1. The number of hydrogen-bond acceptors (Lipinski definition) is 4. The Morgan fingerprint density at radius 1 is 1.64 bits per heavy atom. The van der Waals surface area contributed by atoms with E-state index in [1.165, 1.54) is 4.88 Å². The molecular formula is C10H18N2OS. The van der Waals surface area contributed by atoms with E-state index >= 15 is 0 Å². The first kappa shape index (κ1) is 11.6. The zero-order chi connectivity index (χ0) is 10.4. The summed E-state index contributed by atoms with van der Waals surface area (Å²) in [6.07, 6.45) is 1.86. The molecule has 0 aliphatic heterocycles. The summed E-state index contributed by atoms with van der Waals surface area (Å²) in [4.78, 5) is 5.56. The highest BCUT2D eigenvalue weighted by atomic mass is 32.1. The van der Waals surface area contributed by atoms with E-state index in [0.717, 1.165) is 25.1 Å². The number of aromatic nitrogens is 1. The lowest BCUT2D eigenvalue weighted by Gasteiger charge is -2.11. The fourth-order valence-corrected chi connectivity index (χ4v) is 2.08. The van der Waals surface area contributed by atoms with Gasteiger partial charge in [0.05, 0.1) is 11.2 Å². The molecule has 0 saturated carbocycles. The molecule has 1 aromatic rings. The van der Waals surface area contributed by atoms with Gasteiger partial charge in [-0.05, 0) is 26.7 Å². The molecule has 1 atom stereocenters. The maximum absolute atomic E-state index is 8.72. The zero-order valence-corrected chi connectivity index (χ0v) is 9.60. The molecule has 0 radical (unpaired) electrons. The van der Waals surface area contributed by atoms with Crippen molar-refractivity contribution in [3.63, 3.8) is 0 Å².